The van der Waals surface area contributed by atoms with Crippen molar-refractivity contribution in [1.29, 1.82) is 0 Å². The lowest BCUT2D eigenvalue weighted by atomic mass is 10.4. The fraction of sp³-hybridized carbons (Fsp3) is 0.583. The molecule has 0 bridgehead atoms. The monoisotopic (exact) mass is 282 g/mol. The van der Waals surface area contributed by atoms with Gasteiger partial charge >= 0.3 is 5.69 Å². The molecule has 1 atom stereocenters. The summed E-state index contributed by atoms with van der Waals surface area (Å²) in [7, 11) is 1.62. The van der Waals surface area contributed by atoms with Crippen LogP contribution in [0.2, 0.25) is 0 Å². The van der Waals surface area contributed by atoms with Gasteiger partial charge in [0.25, 0.3) is 5.56 Å². The van der Waals surface area contributed by atoms with Crippen molar-refractivity contribution in [2.45, 2.75) is 44.1 Å². The van der Waals surface area contributed by atoms with Gasteiger partial charge in [0.2, 0.25) is 0 Å². The van der Waals surface area contributed by atoms with Gasteiger partial charge in [-0.1, -0.05) is 25.6 Å². The Hall–Kier alpha value is -1.50. The van der Waals surface area contributed by atoms with E-state index in [1.807, 2.05) is 11.5 Å². The van der Waals surface area contributed by atoms with E-state index in [1.165, 1.54) is 4.57 Å². The molecule has 0 saturated heterocycles. The van der Waals surface area contributed by atoms with Crippen LogP contribution < -0.4 is 11.2 Å². The van der Waals surface area contributed by atoms with Crippen LogP contribution in [0.5, 0.6) is 0 Å². The van der Waals surface area contributed by atoms with Gasteiger partial charge in [0.1, 0.15) is 0 Å². The number of aromatic nitrogens is 4. The number of rotatable bonds is 4. The molecule has 0 saturated carbocycles. The first-order chi connectivity index (χ1) is 8.99. The van der Waals surface area contributed by atoms with Crippen molar-refractivity contribution in [1.82, 2.24) is 19.1 Å². The van der Waals surface area contributed by atoms with Gasteiger partial charge in [-0.25, -0.2) is 9.78 Å². The van der Waals surface area contributed by atoms with E-state index in [9.17, 15) is 9.59 Å². The van der Waals surface area contributed by atoms with E-state index >= 15 is 0 Å². The van der Waals surface area contributed by atoms with Gasteiger partial charge in [-0.2, -0.15) is 0 Å². The number of aromatic amines is 1. The van der Waals surface area contributed by atoms with Crippen LogP contribution >= 0.6 is 11.8 Å². The molecular formula is C12H18N4O2S. The van der Waals surface area contributed by atoms with Crippen LogP contribution in [0.15, 0.2) is 14.7 Å². The Morgan fingerprint density at radius 1 is 1.37 bits per heavy atom. The minimum absolute atomic E-state index is 0.372. The van der Waals surface area contributed by atoms with E-state index in [1.54, 1.807) is 18.8 Å². The van der Waals surface area contributed by atoms with Crippen molar-refractivity contribution in [2.75, 3.05) is 0 Å². The van der Waals surface area contributed by atoms with Crippen LogP contribution in [-0.2, 0) is 13.6 Å². The fourth-order valence-corrected chi connectivity index (χ4v) is 2.87. The lowest BCUT2D eigenvalue weighted by molar-refractivity contribution is 0.696. The molecular weight excluding hydrogens is 264 g/mol. The Balaban J connectivity index is 2.74. The van der Waals surface area contributed by atoms with Gasteiger partial charge in [-0.05, 0) is 13.3 Å². The highest BCUT2D eigenvalue weighted by molar-refractivity contribution is 7.99. The minimum atomic E-state index is -0.432. The second-order valence-electron chi connectivity index (χ2n) is 4.47. The molecule has 0 aliphatic carbocycles. The standard InChI is InChI=1S/C12H18N4O2S/c1-5-7(3)19-12-13-9-8(16(12)6-2)10(17)14-11(18)15(9)4/h7H,5-6H2,1-4H3,(H,14,17,18). The van der Waals surface area contributed by atoms with Gasteiger partial charge < -0.3 is 4.57 Å². The molecule has 0 spiro atoms. The van der Waals surface area contributed by atoms with Gasteiger partial charge in [0.05, 0.1) is 0 Å². The Morgan fingerprint density at radius 3 is 2.63 bits per heavy atom. The Labute approximate surface area is 114 Å². The predicted octanol–water partition coefficient (Wildman–Crippen LogP) is 1.33. The highest BCUT2D eigenvalue weighted by atomic mass is 32.2. The number of hydrogen-bond donors (Lipinski definition) is 1. The number of aryl methyl sites for hydroxylation is 2. The summed E-state index contributed by atoms with van der Waals surface area (Å²) >= 11 is 1.63. The fourth-order valence-electron chi connectivity index (χ4n) is 1.86. The lowest BCUT2D eigenvalue weighted by Gasteiger charge is -2.08. The zero-order valence-electron chi connectivity index (χ0n) is 11.6. The van der Waals surface area contributed by atoms with E-state index in [0.29, 0.717) is 23.0 Å². The van der Waals surface area contributed by atoms with Crippen LogP contribution in [-0.4, -0.2) is 24.4 Å². The molecule has 0 amide bonds. The first-order valence-corrected chi connectivity index (χ1v) is 7.23. The number of fused-ring (bicyclic) bond motifs is 1. The summed E-state index contributed by atoms with van der Waals surface area (Å²) in [5.41, 5.74) is 0.110. The number of nitrogens with zero attached hydrogens (tertiary/aromatic N) is 3. The topological polar surface area (TPSA) is 72.7 Å². The average Bonchev–Trinajstić information content (AvgIpc) is 2.74. The molecule has 19 heavy (non-hydrogen) atoms. The Morgan fingerprint density at radius 2 is 2.05 bits per heavy atom. The molecule has 1 N–H and O–H groups in total. The first kappa shape index (κ1) is 13.9. The van der Waals surface area contributed by atoms with E-state index in [-0.39, 0.29) is 5.56 Å². The van der Waals surface area contributed by atoms with E-state index < -0.39 is 5.69 Å². The smallest absolute Gasteiger partial charge is 0.313 e. The zero-order valence-corrected chi connectivity index (χ0v) is 12.4. The van der Waals surface area contributed by atoms with Crippen LogP contribution in [0.4, 0.5) is 0 Å². The SMILES string of the molecule is CCC(C)Sc1nc2c(c(=O)[nH]c(=O)n2C)n1CC. The van der Waals surface area contributed by atoms with Crippen molar-refractivity contribution in [3.05, 3.63) is 20.8 Å². The molecule has 6 nitrogen and oxygen atoms in total. The highest BCUT2D eigenvalue weighted by Crippen LogP contribution is 2.26. The molecule has 0 aliphatic rings. The van der Waals surface area contributed by atoms with E-state index in [0.717, 1.165) is 11.6 Å². The number of imidazole rings is 1. The number of thioether (sulfide) groups is 1. The summed E-state index contributed by atoms with van der Waals surface area (Å²) in [6.07, 6.45) is 1.02. The highest BCUT2D eigenvalue weighted by Gasteiger charge is 2.17. The summed E-state index contributed by atoms with van der Waals surface area (Å²) in [4.78, 5) is 30.3. The molecule has 2 rings (SSSR count). The quantitative estimate of drug-likeness (QED) is 0.859. The number of hydrogen-bond acceptors (Lipinski definition) is 4. The minimum Gasteiger partial charge on any atom is -0.313 e. The third-order valence-electron chi connectivity index (χ3n) is 3.17. The zero-order chi connectivity index (χ0) is 14.2. The molecule has 2 aromatic rings. The summed E-state index contributed by atoms with van der Waals surface area (Å²) in [6.45, 7) is 6.84. The molecule has 7 heteroatoms. The van der Waals surface area contributed by atoms with Crippen LogP contribution in [0.3, 0.4) is 0 Å². The predicted molar refractivity (Wildman–Crippen MR) is 76.9 cm³/mol. The van der Waals surface area contributed by atoms with Gasteiger partial charge in [0.15, 0.2) is 16.3 Å². The lowest BCUT2D eigenvalue weighted by Crippen LogP contribution is -2.29. The Bertz CT molecular complexity index is 713. The van der Waals surface area contributed by atoms with Crippen LogP contribution in [0, 0.1) is 0 Å². The van der Waals surface area contributed by atoms with Crippen molar-refractivity contribution >= 4 is 22.9 Å². The van der Waals surface area contributed by atoms with Crippen LogP contribution in [0.25, 0.3) is 11.2 Å². The first-order valence-electron chi connectivity index (χ1n) is 6.35. The molecule has 0 fully saturated rings. The van der Waals surface area contributed by atoms with Crippen molar-refractivity contribution in [3.8, 4) is 0 Å². The van der Waals surface area contributed by atoms with Crippen molar-refractivity contribution in [3.63, 3.8) is 0 Å². The molecule has 0 radical (unpaired) electrons. The second-order valence-corrected chi connectivity index (χ2v) is 5.87. The normalized spacial score (nSPS) is 13.1. The molecule has 0 aliphatic heterocycles. The summed E-state index contributed by atoms with van der Waals surface area (Å²) < 4.78 is 3.24. The van der Waals surface area contributed by atoms with E-state index in [4.69, 9.17) is 0 Å². The molecule has 0 aromatic carbocycles. The number of nitrogens with one attached hydrogen (secondary N) is 1. The third-order valence-corrected chi connectivity index (χ3v) is 4.43. The molecule has 104 valence electrons. The summed E-state index contributed by atoms with van der Waals surface area (Å²) in [6, 6.07) is 0. The van der Waals surface area contributed by atoms with E-state index in [2.05, 4.69) is 23.8 Å². The summed E-state index contributed by atoms with van der Waals surface area (Å²) in [5, 5.41) is 1.21. The maximum absolute atomic E-state index is 12.0. The van der Waals surface area contributed by atoms with Crippen molar-refractivity contribution < 1.29 is 0 Å². The maximum Gasteiger partial charge on any atom is 0.329 e. The van der Waals surface area contributed by atoms with Crippen molar-refractivity contribution in [2.24, 2.45) is 7.05 Å². The maximum atomic E-state index is 12.0. The molecule has 1 unspecified atom stereocenters. The van der Waals surface area contributed by atoms with Crippen LogP contribution in [0.1, 0.15) is 27.2 Å². The van der Waals surface area contributed by atoms with Gasteiger partial charge in [0, 0.05) is 18.8 Å². The summed E-state index contributed by atoms with van der Waals surface area (Å²) in [5.74, 6) is 0. The van der Waals surface area contributed by atoms with Gasteiger partial charge in [-0.3, -0.25) is 14.3 Å². The molecule has 2 aromatic heterocycles. The second kappa shape index (κ2) is 5.24. The Kier molecular flexibility index (Phi) is 3.84. The number of H-pyrrole nitrogens is 1. The van der Waals surface area contributed by atoms with Gasteiger partial charge in [-0.15, -0.1) is 0 Å². The average molecular weight is 282 g/mol. The third kappa shape index (κ3) is 2.34. The molecule has 2 heterocycles. The largest absolute Gasteiger partial charge is 0.329 e.